The van der Waals surface area contributed by atoms with Crippen molar-refractivity contribution in [2.45, 2.75) is 80.2 Å². The molecule has 0 fully saturated rings. The van der Waals surface area contributed by atoms with Gasteiger partial charge in [0.2, 0.25) is 0 Å². The summed E-state index contributed by atoms with van der Waals surface area (Å²) < 4.78 is 0. The van der Waals surface area contributed by atoms with Crippen molar-refractivity contribution in [3.8, 4) is 0 Å². The van der Waals surface area contributed by atoms with Gasteiger partial charge in [0.05, 0.1) is 0 Å². The highest BCUT2D eigenvalue weighted by Crippen LogP contribution is 2.37. The van der Waals surface area contributed by atoms with E-state index in [0.717, 1.165) is 31.3 Å². The molecule has 0 unspecified atom stereocenters. The third-order valence-electron chi connectivity index (χ3n) is 8.37. The van der Waals surface area contributed by atoms with E-state index in [2.05, 4.69) is 134 Å². The first kappa shape index (κ1) is 29.4. The van der Waals surface area contributed by atoms with Crippen LogP contribution < -0.4 is 5.32 Å². The van der Waals surface area contributed by atoms with E-state index < -0.39 is 0 Å². The van der Waals surface area contributed by atoms with Gasteiger partial charge in [0.1, 0.15) is 0 Å². The molecule has 1 atom stereocenters. The van der Waals surface area contributed by atoms with Gasteiger partial charge in [0.15, 0.2) is 0 Å². The van der Waals surface area contributed by atoms with Crippen molar-refractivity contribution < 1.29 is 0 Å². The highest BCUT2D eigenvalue weighted by molar-refractivity contribution is 5.92. The van der Waals surface area contributed by atoms with Crippen LogP contribution in [0.2, 0.25) is 0 Å². The van der Waals surface area contributed by atoms with E-state index in [1.165, 1.54) is 66.9 Å². The lowest BCUT2D eigenvalue weighted by Crippen LogP contribution is -2.27. The molecule has 0 aliphatic heterocycles. The summed E-state index contributed by atoms with van der Waals surface area (Å²) in [5, 5.41) is 3.98. The van der Waals surface area contributed by atoms with Crippen molar-refractivity contribution in [2.75, 3.05) is 0 Å². The Labute approximate surface area is 243 Å². The monoisotopic (exact) mass is 529 g/mol. The molecule has 0 spiro atoms. The van der Waals surface area contributed by atoms with Crippen LogP contribution in [0, 0.1) is 19.8 Å². The largest absolute Gasteiger partial charge is 0.382 e. The molecule has 3 aromatic carbocycles. The predicted molar refractivity (Wildman–Crippen MR) is 176 cm³/mol. The van der Waals surface area contributed by atoms with Crippen molar-refractivity contribution in [3.05, 3.63) is 136 Å². The minimum Gasteiger partial charge on any atom is -0.382 e. The standard InChI is InChI=1S/C39H47N/c1-25(2)28(6)21-33-16-18-34-17-15-27(5)38(37(34)24-33)31(9)39(35-19-20-36(26(3)4)29(7)22-35)40-30(8)23-32-13-11-10-12-14-32/h10-15,17,19-22,25,30,40H,3,6,16,18,23-24H2,1-2,4-5,7-9H3/b33-21+,39-31-/t30-/m0/s1. The average Bonchev–Trinajstić information content (AvgIpc) is 2.91. The smallest absolute Gasteiger partial charge is 0.0451 e. The van der Waals surface area contributed by atoms with Gasteiger partial charge < -0.3 is 5.32 Å². The Morgan fingerprint density at radius 3 is 2.27 bits per heavy atom. The van der Waals surface area contributed by atoms with Crippen LogP contribution in [0.15, 0.2) is 91.0 Å². The molecule has 1 N–H and O–H groups in total. The van der Waals surface area contributed by atoms with Crippen LogP contribution in [0.1, 0.15) is 85.5 Å². The Balaban J connectivity index is 1.83. The maximum atomic E-state index is 4.34. The van der Waals surface area contributed by atoms with Gasteiger partial charge in [-0.2, -0.15) is 0 Å². The summed E-state index contributed by atoms with van der Waals surface area (Å²) in [7, 11) is 0. The number of rotatable bonds is 9. The normalized spacial score (nSPS) is 15.4. The molecule has 40 heavy (non-hydrogen) atoms. The first-order valence-corrected chi connectivity index (χ1v) is 14.8. The Bertz CT molecular complexity index is 1460. The highest BCUT2D eigenvalue weighted by atomic mass is 14.9. The number of aryl methyl sites for hydroxylation is 3. The summed E-state index contributed by atoms with van der Waals surface area (Å²) >= 11 is 0. The van der Waals surface area contributed by atoms with Gasteiger partial charge in [0.25, 0.3) is 0 Å². The number of fused-ring (bicyclic) bond motifs is 1. The highest BCUT2D eigenvalue weighted by Gasteiger charge is 2.22. The second-order valence-corrected chi connectivity index (χ2v) is 12.1. The van der Waals surface area contributed by atoms with E-state index in [0.29, 0.717) is 5.92 Å². The van der Waals surface area contributed by atoms with Crippen LogP contribution >= 0.6 is 0 Å². The summed E-state index contributed by atoms with van der Waals surface area (Å²) in [6, 6.07) is 22.6. The number of benzene rings is 3. The van der Waals surface area contributed by atoms with Gasteiger partial charge in [-0.25, -0.2) is 0 Å². The fraction of sp³-hybridized carbons (Fsp3) is 0.333. The molecule has 1 aliphatic rings. The van der Waals surface area contributed by atoms with Crippen molar-refractivity contribution >= 4 is 16.8 Å². The number of hydrogen-bond acceptors (Lipinski definition) is 1. The minimum absolute atomic E-state index is 0.276. The number of nitrogens with one attached hydrogen (secondary N) is 1. The average molecular weight is 530 g/mol. The van der Waals surface area contributed by atoms with Gasteiger partial charge in [-0.05, 0) is 122 Å². The molecule has 0 bridgehead atoms. The lowest BCUT2D eigenvalue weighted by atomic mass is 9.80. The summed E-state index contributed by atoms with van der Waals surface area (Å²) in [5.41, 5.74) is 17.1. The van der Waals surface area contributed by atoms with Crippen LogP contribution in [0.4, 0.5) is 0 Å². The molecule has 0 saturated heterocycles. The zero-order chi connectivity index (χ0) is 29.0. The quantitative estimate of drug-likeness (QED) is 0.272. The number of allylic oxidation sites excluding steroid dienone is 5. The molecule has 208 valence electrons. The molecule has 4 rings (SSSR count). The molecule has 0 heterocycles. The van der Waals surface area contributed by atoms with Crippen molar-refractivity contribution in [2.24, 2.45) is 5.92 Å². The third-order valence-corrected chi connectivity index (χ3v) is 8.37. The van der Waals surface area contributed by atoms with E-state index in [1.807, 2.05) is 0 Å². The second kappa shape index (κ2) is 12.7. The Hall–Kier alpha value is -3.58. The van der Waals surface area contributed by atoms with Crippen LogP contribution in [0.3, 0.4) is 0 Å². The number of hydrogen-bond donors (Lipinski definition) is 1. The van der Waals surface area contributed by atoms with Gasteiger partial charge >= 0.3 is 0 Å². The molecule has 0 radical (unpaired) electrons. The molecule has 3 aromatic rings. The fourth-order valence-corrected chi connectivity index (χ4v) is 6.03. The summed E-state index contributed by atoms with van der Waals surface area (Å²) in [4.78, 5) is 0. The molecule has 1 heteroatoms. The van der Waals surface area contributed by atoms with Crippen molar-refractivity contribution in [3.63, 3.8) is 0 Å². The van der Waals surface area contributed by atoms with Crippen molar-refractivity contribution in [1.82, 2.24) is 5.32 Å². The first-order valence-electron chi connectivity index (χ1n) is 14.8. The lowest BCUT2D eigenvalue weighted by molar-refractivity contribution is 0.648. The summed E-state index contributed by atoms with van der Waals surface area (Å²) in [6.45, 7) is 24.2. The zero-order valence-electron chi connectivity index (χ0n) is 25.7. The topological polar surface area (TPSA) is 12.0 Å². The Morgan fingerprint density at radius 2 is 1.62 bits per heavy atom. The SMILES string of the molecule is C=C(C)c1ccc(/C(N[C@@H](C)Cc2ccccc2)=C(\C)c2c(C)ccc3c2C/C(=C/C(=C)C(C)C)CC3)cc1C. The van der Waals surface area contributed by atoms with Gasteiger partial charge in [0, 0.05) is 11.7 Å². The predicted octanol–water partition coefficient (Wildman–Crippen LogP) is 10.1. The molecule has 1 aliphatic carbocycles. The molecule has 0 saturated carbocycles. The fourth-order valence-electron chi connectivity index (χ4n) is 6.03. The van der Waals surface area contributed by atoms with E-state index in [1.54, 1.807) is 0 Å². The maximum absolute atomic E-state index is 4.34. The molecular weight excluding hydrogens is 482 g/mol. The lowest BCUT2D eigenvalue weighted by Gasteiger charge is -2.27. The van der Waals surface area contributed by atoms with Crippen LogP contribution in [-0.2, 0) is 19.3 Å². The van der Waals surface area contributed by atoms with Crippen molar-refractivity contribution in [1.29, 1.82) is 0 Å². The molecule has 0 amide bonds. The Morgan fingerprint density at radius 1 is 0.900 bits per heavy atom. The Kier molecular flexibility index (Phi) is 9.36. The van der Waals surface area contributed by atoms with E-state index in [4.69, 9.17) is 0 Å². The second-order valence-electron chi connectivity index (χ2n) is 12.1. The third kappa shape index (κ3) is 6.76. The first-order chi connectivity index (χ1) is 19.0. The van der Waals surface area contributed by atoms with E-state index >= 15 is 0 Å². The summed E-state index contributed by atoms with van der Waals surface area (Å²) in [5.74, 6) is 0.472. The van der Waals surface area contributed by atoms with Crippen LogP contribution in [0.25, 0.3) is 16.8 Å². The molecule has 1 nitrogen and oxygen atoms in total. The molecule has 0 aromatic heterocycles. The van der Waals surface area contributed by atoms with E-state index in [9.17, 15) is 0 Å². The minimum atomic E-state index is 0.276. The van der Waals surface area contributed by atoms with Gasteiger partial charge in [-0.15, -0.1) is 0 Å². The van der Waals surface area contributed by atoms with Gasteiger partial charge in [-0.1, -0.05) is 104 Å². The zero-order valence-corrected chi connectivity index (χ0v) is 25.7. The maximum Gasteiger partial charge on any atom is 0.0451 e. The van der Waals surface area contributed by atoms with Crippen LogP contribution in [0.5, 0.6) is 0 Å². The van der Waals surface area contributed by atoms with Crippen LogP contribution in [-0.4, -0.2) is 6.04 Å². The van der Waals surface area contributed by atoms with E-state index in [-0.39, 0.29) is 6.04 Å². The summed E-state index contributed by atoms with van der Waals surface area (Å²) in [6.07, 6.45) is 6.53. The van der Waals surface area contributed by atoms with Gasteiger partial charge in [-0.3, -0.25) is 0 Å². The molecular formula is C39H47N.